The van der Waals surface area contributed by atoms with Crippen LogP contribution in [-0.4, -0.2) is 28.4 Å². The molecule has 0 spiro atoms. The first kappa shape index (κ1) is 25.7. The van der Waals surface area contributed by atoms with Crippen molar-refractivity contribution in [2.24, 2.45) is 0 Å². The van der Waals surface area contributed by atoms with Crippen molar-refractivity contribution >= 4 is 46.7 Å². The summed E-state index contributed by atoms with van der Waals surface area (Å²) in [5.74, 6) is 0.439. The summed E-state index contributed by atoms with van der Waals surface area (Å²) in [5.41, 5.74) is 1.96. The number of phenols is 1. The van der Waals surface area contributed by atoms with Crippen molar-refractivity contribution in [1.82, 2.24) is 0 Å². The molecule has 0 bridgehead atoms. The van der Waals surface area contributed by atoms with Gasteiger partial charge in [0.25, 0.3) is 11.8 Å². The van der Waals surface area contributed by atoms with Gasteiger partial charge in [-0.25, -0.2) is 0 Å². The summed E-state index contributed by atoms with van der Waals surface area (Å²) in [6.45, 7) is 0. The number of phenolic OH excluding ortho intramolecular Hbond substituents is 1. The van der Waals surface area contributed by atoms with Crippen LogP contribution in [0, 0.1) is 22.7 Å². The maximum atomic E-state index is 12.9. The van der Waals surface area contributed by atoms with Crippen molar-refractivity contribution in [2.45, 2.75) is 22.6 Å². The molecule has 9 heteroatoms. The zero-order chi connectivity index (χ0) is 25.0. The summed E-state index contributed by atoms with van der Waals surface area (Å²) in [7, 11) is 0. The molecular formula is C26H22N4O3S2. The number of aromatic hydroxyl groups is 1. The summed E-state index contributed by atoms with van der Waals surface area (Å²) >= 11 is 2.80. The van der Waals surface area contributed by atoms with Gasteiger partial charge in [0.2, 0.25) is 0 Å². The molecule has 0 unspecified atom stereocenters. The van der Waals surface area contributed by atoms with Crippen molar-refractivity contribution < 1.29 is 14.7 Å². The van der Waals surface area contributed by atoms with Crippen LogP contribution in [0.5, 0.6) is 5.75 Å². The van der Waals surface area contributed by atoms with Crippen molar-refractivity contribution in [3.63, 3.8) is 0 Å². The van der Waals surface area contributed by atoms with Crippen molar-refractivity contribution in [3.8, 4) is 17.9 Å². The normalized spacial score (nSPS) is 10.1. The van der Waals surface area contributed by atoms with Gasteiger partial charge in [-0.3, -0.25) is 9.59 Å². The standard InChI is InChI=1S/C26H22N4O3S2/c27-12-4-14-34-23-17-22(30-26(33)19-8-10-20(31)11-9-19)24(35-15-5-13-28)16-21(23)29-25(32)18-6-2-1-3-7-18/h1-3,6-11,16-17,31H,4-5,14-15H2,(H,29,32)(H,30,33). The lowest BCUT2D eigenvalue weighted by Gasteiger charge is -2.17. The quantitative estimate of drug-likeness (QED) is 0.232. The van der Waals surface area contributed by atoms with Crippen LogP contribution in [0.2, 0.25) is 0 Å². The van der Waals surface area contributed by atoms with Gasteiger partial charge in [-0.1, -0.05) is 18.2 Å². The van der Waals surface area contributed by atoms with E-state index in [9.17, 15) is 14.7 Å². The van der Waals surface area contributed by atoms with Crippen LogP contribution in [0.1, 0.15) is 33.6 Å². The number of benzene rings is 3. The predicted molar refractivity (Wildman–Crippen MR) is 139 cm³/mol. The highest BCUT2D eigenvalue weighted by Gasteiger charge is 2.17. The molecule has 0 aliphatic carbocycles. The average Bonchev–Trinajstić information content (AvgIpc) is 2.87. The molecule has 7 nitrogen and oxygen atoms in total. The van der Waals surface area contributed by atoms with E-state index in [0.717, 1.165) is 0 Å². The molecule has 2 amide bonds. The van der Waals surface area contributed by atoms with E-state index in [-0.39, 0.29) is 17.6 Å². The molecule has 0 atom stereocenters. The van der Waals surface area contributed by atoms with Gasteiger partial charge in [0.05, 0.1) is 23.5 Å². The fraction of sp³-hybridized carbons (Fsp3) is 0.154. The zero-order valence-electron chi connectivity index (χ0n) is 18.7. The third-order valence-corrected chi connectivity index (χ3v) is 6.80. The molecule has 0 radical (unpaired) electrons. The minimum atomic E-state index is -0.360. The number of carbonyl (C=O) groups is 2. The Morgan fingerprint density at radius 3 is 1.66 bits per heavy atom. The van der Waals surface area contributed by atoms with Crippen molar-refractivity contribution in [2.75, 3.05) is 22.1 Å². The number of carbonyl (C=O) groups excluding carboxylic acids is 2. The highest BCUT2D eigenvalue weighted by atomic mass is 32.2. The van der Waals surface area contributed by atoms with E-state index in [2.05, 4.69) is 22.8 Å². The maximum Gasteiger partial charge on any atom is 0.255 e. The Morgan fingerprint density at radius 2 is 1.20 bits per heavy atom. The van der Waals surface area contributed by atoms with Gasteiger partial charge >= 0.3 is 0 Å². The molecule has 0 fully saturated rings. The van der Waals surface area contributed by atoms with Gasteiger partial charge in [0.15, 0.2) is 0 Å². The van der Waals surface area contributed by atoms with Gasteiger partial charge in [0, 0.05) is 45.3 Å². The molecular weight excluding hydrogens is 480 g/mol. The first-order chi connectivity index (χ1) is 17.0. The topological polar surface area (TPSA) is 126 Å². The van der Waals surface area contributed by atoms with E-state index in [1.54, 1.807) is 36.4 Å². The monoisotopic (exact) mass is 502 g/mol. The highest BCUT2D eigenvalue weighted by Crippen LogP contribution is 2.38. The SMILES string of the molecule is N#CCCSc1cc(NC(=O)c2ccc(O)cc2)c(SCCC#N)cc1NC(=O)c1ccccc1. The van der Waals surface area contributed by atoms with Gasteiger partial charge in [-0.15, -0.1) is 23.5 Å². The Hall–Kier alpha value is -3.92. The smallest absolute Gasteiger partial charge is 0.255 e. The number of hydrogen-bond donors (Lipinski definition) is 3. The molecule has 3 N–H and O–H groups in total. The van der Waals surface area contributed by atoms with Crippen LogP contribution in [0.25, 0.3) is 0 Å². The zero-order valence-corrected chi connectivity index (χ0v) is 20.3. The van der Waals surface area contributed by atoms with Crippen LogP contribution in [0.4, 0.5) is 11.4 Å². The number of hydrogen-bond acceptors (Lipinski definition) is 7. The average molecular weight is 503 g/mol. The second-order valence-electron chi connectivity index (χ2n) is 7.18. The first-order valence-corrected chi connectivity index (χ1v) is 12.6. The van der Waals surface area contributed by atoms with Gasteiger partial charge in [-0.2, -0.15) is 10.5 Å². The van der Waals surface area contributed by atoms with E-state index < -0.39 is 0 Å². The molecule has 0 heterocycles. The summed E-state index contributed by atoms with van der Waals surface area (Å²) in [6.07, 6.45) is 0.644. The molecule has 35 heavy (non-hydrogen) atoms. The third kappa shape index (κ3) is 7.54. The lowest BCUT2D eigenvalue weighted by molar-refractivity contribution is 0.101. The van der Waals surface area contributed by atoms with E-state index >= 15 is 0 Å². The second-order valence-corrected chi connectivity index (χ2v) is 9.45. The number of amides is 2. The summed E-state index contributed by atoms with van der Waals surface area (Å²) in [6, 6.07) is 22.5. The van der Waals surface area contributed by atoms with Gasteiger partial charge in [0.1, 0.15) is 5.75 Å². The molecule has 0 saturated heterocycles. The van der Waals surface area contributed by atoms with E-state index in [1.807, 2.05) is 6.07 Å². The van der Waals surface area contributed by atoms with E-state index in [4.69, 9.17) is 10.5 Å². The fourth-order valence-corrected chi connectivity index (χ4v) is 4.76. The molecule has 3 aromatic carbocycles. The second kappa shape index (κ2) is 13.1. The lowest BCUT2D eigenvalue weighted by atomic mass is 10.2. The fourth-order valence-electron chi connectivity index (χ4n) is 3.00. The van der Waals surface area contributed by atoms with Crippen LogP contribution < -0.4 is 10.6 Å². The van der Waals surface area contributed by atoms with Crippen LogP contribution in [0.15, 0.2) is 76.5 Å². The Morgan fingerprint density at radius 1 is 0.743 bits per heavy atom. The summed E-state index contributed by atoms with van der Waals surface area (Å²) in [5, 5.41) is 33.2. The minimum Gasteiger partial charge on any atom is -0.508 e. The summed E-state index contributed by atoms with van der Waals surface area (Å²) in [4.78, 5) is 27.1. The summed E-state index contributed by atoms with van der Waals surface area (Å²) < 4.78 is 0. The van der Waals surface area contributed by atoms with Crippen molar-refractivity contribution in [1.29, 1.82) is 10.5 Å². The lowest BCUT2D eigenvalue weighted by Crippen LogP contribution is -2.15. The first-order valence-electron chi connectivity index (χ1n) is 10.7. The number of nitrogens with zero attached hydrogens (tertiary/aromatic N) is 2. The minimum absolute atomic E-state index is 0.0592. The molecule has 0 aliphatic rings. The highest BCUT2D eigenvalue weighted by molar-refractivity contribution is 8.00. The largest absolute Gasteiger partial charge is 0.508 e. The Labute approximate surface area is 212 Å². The van der Waals surface area contributed by atoms with Gasteiger partial charge in [-0.05, 0) is 48.5 Å². The predicted octanol–water partition coefficient (Wildman–Crippen LogP) is 5.91. The maximum absolute atomic E-state index is 12.9. The number of rotatable bonds is 10. The Bertz CT molecular complexity index is 1270. The van der Waals surface area contributed by atoms with Crippen LogP contribution in [0.3, 0.4) is 0 Å². The Kier molecular flexibility index (Phi) is 9.61. The molecule has 3 rings (SSSR count). The number of thioether (sulfide) groups is 2. The molecule has 0 aromatic heterocycles. The number of nitriles is 2. The number of anilines is 2. The third-order valence-electron chi connectivity index (χ3n) is 4.69. The molecule has 3 aromatic rings. The molecule has 176 valence electrons. The molecule has 0 saturated carbocycles. The van der Waals surface area contributed by atoms with Crippen LogP contribution >= 0.6 is 23.5 Å². The van der Waals surface area contributed by atoms with E-state index in [1.165, 1.54) is 47.8 Å². The van der Waals surface area contributed by atoms with Crippen LogP contribution in [-0.2, 0) is 0 Å². The number of nitrogens with one attached hydrogen (secondary N) is 2. The van der Waals surface area contributed by atoms with Gasteiger partial charge < -0.3 is 15.7 Å². The molecule has 0 aliphatic heterocycles. The Balaban J connectivity index is 1.96. The van der Waals surface area contributed by atoms with E-state index in [0.29, 0.717) is 56.6 Å². The van der Waals surface area contributed by atoms with Crippen molar-refractivity contribution in [3.05, 3.63) is 77.9 Å².